The minimum absolute atomic E-state index is 0.0109. The monoisotopic (exact) mass is 760 g/mol. The van der Waals surface area contributed by atoms with E-state index in [9.17, 15) is 32.0 Å². The standard InChI is InChI=1S/C31H32Cl2F2N4O8S2/c32-23-15-38(42)16-24(33)22(23)14-26(19-6-7-25(47-31(34)35)27(13-19)45-17-18-4-5-18)46-30(41)29-39(10-11-48-29)49(43,44)21-3-1-2-20(12-21)28(40)37-9-8-36/h1-3,6-7,12-13,15-16,18,26,29,31H,4-5,8-11,14,17,36H2,(H,37,40)/t26-,29-/m0/s1. The van der Waals surface area contributed by atoms with E-state index < -0.39 is 40.0 Å². The summed E-state index contributed by atoms with van der Waals surface area (Å²) < 4.78 is 71.8. The lowest BCUT2D eigenvalue weighted by atomic mass is 10.0. The summed E-state index contributed by atoms with van der Waals surface area (Å²) in [5, 5.41) is 13.1. The van der Waals surface area contributed by atoms with Crippen molar-refractivity contribution in [1.29, 1.82) is 0 Å². The molecule has 0 unspecified atom stereocenters. The largest absolute Gasteiger partial charge is 0.619 e. The van der Waals surface area contributed by atoms with Gasteiger partial charge in [-0.1, -0.05) is 35.3 Å². The number of thioether (sulfide) groups is 1. The molecule has 1 aromatic heterocycles. The van der Waals surface area contributed by atoms with Gasteiger partial charge in [0, 0.05) is 42.9 Å². The number of benzene rings is 2. The van der Waals surface area contributed by atoms with E-state index in [1.807, 2.05) is 0 Å². The molecule has 0 spiro atoms. The molecule has 1 amide bonds. The van der Waals surface area contributed by atoms with Gasteiger partial charge in [0.05, 0.1) is 11.5 Å². The highest BCUT2D eigenvalue weighted by Gasteiger charge is 2.42. The zero-order chi connectivity index (χ0) is 35.3. The molecule has 5 rings (SSSR count). The van der Waals surface area contributed by atoms with Crippen LogP contribution in [0.3, 0.4) is 0 Å². The Morgan fingerprint density at radius 3 is 2.53 bits per heavy atom. The van der Waals surface area contributed by atoms with E-state index in [1.165, 1.54) is 42.5 Å². The maximum atomic E-state index is 13.8. The normalized spacial score (nSPS) is 17.1. The highest BCUT2D eigenvalue weighted by atomic mass is 35.5. The third-order valence-electron chi connectivity index (χ3n) is 7.62. The maximum absolute atomic E-state index is 13.8. The third kappa shape index (κ3) is 9.23. The number of aromatic nitrogens is 1. The number of nitrogens with one attached hydrogen (secondary N) is 1. The second kappa shape index (κ2) is 16.1. The summed E-state index contributed by atoms with van der Waals surface area (Å²) in [6.45, 7) is -2.51. The maximum Gasteiger partial charge on any atom is 0.387 e. The van der Waals surface area contributed by atoms with Crippen molar-refractivity contribution in [2.45, 2.75) is 42.2 Å². The summed E-state index contributed by atoms with van der Waals surface area (Å²) in [4.78, 5) is 26.1. The first-order valence-corrected chi connectivity index (χ1v) is 18.3. The molecule has 2 aliphatic rings. The van der Waals surface area contributed by atoms with Crippen molar-refractivity contribution in [2.75, 3.05) is 32.0 Å². The first-order valence-electron chi connectivity index (χ1n) is 15.1. The summed E-state index contributed by atoms with van der Waals surface area (Å²) in [7, 11) is -4.30. The van der Waals surface area contributed by atoms with Crippen LogP contribution in [0.15, 0.2) is 59.8 Å². The van der Waals surface area contributed by atoms with Crippen LogP contribution in [0.25, 0.3) is 0 Å². The topological polar surface area (TPSA) is 164 Å². The molecule has 3 N–H and O–H groups in total. The van der Waals surface area contributed by atoms with Crippen LogP contribution in [0.2, 0.25) is 10.0 Å². The first kappa shape index (κ1) is 36.9. The second-order valence-electron chi connectivity index (χ2n) is 11.2. The average Bonchev–Trinajstić information content (AvgIpc) is 3.75. The van der Waals surface area contributed by atoms with Gasteiger partial charge in [0.2, 0.25) is 10.0 Å². The molecular weight excluding hydrogens is 729 g/mol. The van der Waals surface area contributed by atoms with Crippen LogP contribution in [0.1, 0.15) is 40.4 Å². The molecular formula is C31H32Cl2F2N4O8S2. The summed E-state index contributed by atoms with van der Waals surface area (Å²) in [6.07, 6.45) is 2.62. The molecule has 0 radical (unpaired) electrons. The summed E-state index contributed by atoms with van der Waals surface area (Å²) >= 11 is 13.7. The fourth-order valence-corrected chi connectivity index (χ4v) is 8.66. The lowest BCUT2D eigenvalue weighted by molar-refractivity contribution is -0.605. The van der Waals surface area contributed by atoms with Crippen molar-refractivity contribution in [3.05, 3.63) is 86.8 Å². The molecule has 1 aliphatic heterocycles. The van der Waals surface area contributed by atoms with Gasteiger partial charge in [-0.3, -0.25) is 4.79 Å². The Morgan fingerprint density at radius 2 is 1.86 bits per heavy atom. The number of alkyl halides is 2. The number of nitrogens with zero attached hydrogens (tertiary/aromatic N) is 2. The van der Waals surface area contributed by atoms with Gasteiger partial charge in [0.15, 0.2) is 29.3 Å². The molecule has 2 heterocycles. The van der Waals surface area contributed by atoms with Gasteiger partial charge in [-0.2, -0.15) is 17.8 Å². The Labute approximate surface area is 295 Å². The van der Waals surface area contributed by atoms with E-state index in [1.54, 1.807) is 0 Å². The number of pyridine rings is 1. The number of amides is 1. The van der Waals surface area contributed by atoms with Crippen LogP contribution < -0.4 is 25.3 Å². The number of sulfonamides is 1. The van der Waals surface area contributed by atoms with Crippen molar-refractivity contribution in [3.63, 3.8) is 0 Å². The number of hydrogen-bond donors (Lipinski definition) is 2. The van der Waals surface area contributed by atoms with Crippen LogP contribution >= 0.6 is 35.0 Å². The van der Waals surface area contributed by atoms with E-state index in [-0.39, 0.29) is 87.5 Å². The van der Waals surface area contributed by atoms with Crippen molar-refractivity contribution in [2.24, 2.45) is 11.7 Å². The van der Waals surface area contributed by atoms with E-state index in [0.29, 0.717) is 4.73 Å². The van der Waals surface area contributed by atoms with E-state index in [4.69, 9.17) is 38.4 Å². The molecule has 2 aromatic carbocycles. The molecule has 264 valence electrons. The van der Waals surface area contributed by atoms with Gasteiger partial charge >= 0.3 is 12.6 Å². The fourth-order valence-electron chi connectivity index (χ4n) is 4.97. The SMILES string of the molecule is NCCNC(=O)c1cccc(S(=O)(=O)N2CCS[C@H]2C(=O)O[C@@H](Cc2c(Cl)c[n+]([O-])cc2Cl)c2ccc(OC(F)F)c(OCC3CC3)c2)c1. The van der Waals surface area contributed by atoms with Crippen molar-refractivity contribution in [1.82, 2.24) is 9.62 Å². The number of halogens is 4. The van der Waals surface area contributed by atoms with Gasteiger partial charge < -0.3 is 30.5 Å². The van der Waals surface area contributed by atoms with E-state index >= 15 is 0 Å². The van der Waals surface area contributed by atoms with Crippen molar-refractivity contribution < 1.29 is 45.7 Å². The summed E-state index contributed by atoms with van der Waals surface area (Å²) in [5.74, 6) is -1.14. The minimum Gasteiger partial charge on any atom is -0.619 e. The predicted molar refractivity (Wildman–Crippen MR) is 177 cm³/mol. The zero-order valence-electron chi connectivity index (χ0n) is 25.7. The summed E-state index contributed by atoms with van der Waals surface area (Å²) in [6, 6.07) is 9.45. The second-order valence-corrected chi connectivity index (χ2v) is 15.1. The molecule has 1 aliphatic carbocycles. The first-order chi connectivity index (χ1) is 23.4. The Kier molecular flexibility index (Phi) is 12.1. The van der Waals surface area contributed by atoms with Crippen LogP contribution in [-0.2, 0) is 26.0 Å². The zero-order valence-corrected chi connectivity index (χ0v) is 28.9. The van der Waals surface area contributed by atoms with E-state index in [0.717, 1.165) is 41.3 Å². The quantitative estimate of drug-likeness (QED) is 0.130. The molecule has 1 saturated heterocycles. The Morgan fingerprint density at radius 1 is 1.12 bits per heavy atom. The molecule has 2 atom stereocenters. The number of nitrogens with two attached hydrogens (primary N) is 1. The minimum atomic E-state index is -4.30. The van der Waals surface area contributed by atoms with E-state index in [2.05, 4.69) is 10.1 Å². The number of carbonyl (C=O) groups excluding carboxylic acids is 2. The van der Waals surface area contributed by atoms with Gasteiger partial charge in [-0.25, -0.2) is 13.2 Å². The molecule has 1 saturated carbocycles. The molecule has 0 bridgehead atoms. The number of carbonyl (C=O) groups is 2. The van der Waals surface area contributed by atoms with Gasteiger partial charge in [-0.15, -0.1) is 11.8 Å². The van der Waals surface area contributed by atoms with Crippen molar-refractivity contribution in [3.8, 4) is 11.5 Å². The molecule has 18 heteroatoms. The predicted octanol–water partition coefficient (Wildman–Crippen LogP) is 4.30. The fraction of sp³-hybridized carbons (Fsp3) is 0.387. The number of hydrogen-bond acceptors (Lipinski definition) is 10. The Hall–Kier alpha value is -3.41. The van der Waals surface area contributed by atoms with Gasteiger partial charge in [0.1, 0.15) is 16.1 Å². The van der Waals surface area contributed by atoms with Crippen LogP contribution in [-0.4, -0.2) is 68.6 Å². The highest BCUT2D eigenvalue weighted by molar-refractivity contribution is 8.02. The van der Waals surface area contributed by atoms with Crippen LogP contribution in [0.5, 0.6) is 11.5 Å². The number of ether oxygens (including phenoxy) is 3. The lowest BCUT2D eigenvalue weighted by Crippen LogP contribution is -2.41. The molecule has 49 heavy (non-hydrogen) atoms. The smallest absolute Gasteiger partial charge is 0.387 e. The van der Waals surface area contributed by atoms with Crippen molar-refractivity contribution >= 4 is 56.9 Å². The molecule has 12 nitrogen and oxygen atoms in total. The lowest BCUT2D eigenvalue weighted by Gasteiger charge is -2.26. The Bertz CT molecular complexity index is 1780. The van der Waals surface area contributed by atoms with Gasteiger partial charge in [-0.05, 0) is 54.7 Å². The van der Waals surface area contributed by atoms with Gasteiger partial charge in [0.25, 0.3) is 5.91 Å². The average molecular weight is 762 g/mol. The number of rotatable bonds is 15. The third-order valence-corrected chi connectivity index (χ3v) is 11.4. The Balaban J connectivity index is 1.45. The molecule has 2 fully saturated rings. The van der Waals surface area contributed by atoms with Crippen LogP contribution in [0, 0.1) is 11.1 Å². The number of esters is 1. The summed E-state index contributed by atoms with van der Waals surface area (Å²) in [5.41, 5.74) is 6.06. The highest BCUT2D eigenvalue weighted by Crippen LogP contribution is 2.39. The molecule has 3 aromatic rings. The van der Waals surface area contributed by atoms with Crippen LogP contribution in [0.4, 0.5) is 8.78 Å².